The number of nitrogens with one attached hydrogen (secondary N) is 1. The van der Waals surface area contributed by atoms with E-state index in [1.807, 2.05) is 12.1 Å². The third-order valence-electron chi connectivity index (χ3n) is 3.75. The van der Waals surface area contributed by atoms with Gasteiger partial charge in [0.25, 0.3) is 11.5 Å². The normalized spacial score (nSPS) is 12.7. The van der Waals surface area contributed by atoms with Crippen molar-refractivity contribution in [1.29, 1.82) is 0 Å². The van der Waals surface area contributed by atoms with Gasteiger partial charge in [-0.15, -0.1) is 10.2 Å². The van der Waals surface area contributed by atoms with Gasteiger partial charge in [0.2, 0.25) is 5.13 Å². The molecule has 0 spiro atoms. The lowest BCUT2D eigenvalue weighted by molar-refractivity contribution is 0.102. The number of pyridine rings is 1. The molecule has 0 atom stereocenters. The molecule has 0 aliphatic carbocycles. The van der Waals surface area contributed by atoms with Crippen LogP contribution in [0, 0.1) is 0 Å². The first-order valence-corrected chi connectivity index (χ1v) is 7.49. The van der Waals surface area contributed by atoms with Crippen molar-refractivity contribution in [3.63, 3.8) is 0 Å². The maximum absolute atomic E-state index is 12.5. The second kappa shape index (κ2) is 4.63. The van der Waals surface area contributed by atoms with Crippen LogP contribution in [0.25, 0.3) is 10.9 Å². The number of anilines is 1. The van der Waals surface area contributed by atoms with Crippen LogP contribution >= 0.6 is 11.3 Å². The maximum Gasteiger partial charge on any atom is 0.267 e. The van der Waals surface area contributed by atoms with E-state index in [1.54, 1.807) is 10.6 Å². The topological polar surface area (TPSA) is 97.1 Å². The zero-order valence-corrected chi connectivity index (χ0v) is 12.1. The molecule has 7 nitrogen and oxygen atoms in total. The van der Waals surface area contributed by atoms with E-state index in [0.717, 1.165) is 16.9 Å². The van der Waals surface area contributed by atoms with Gasteiger partial charge in [-0.2, -0.15) is 0 Å². The molecule has 8 heteroatoms. The Kier molecular flexibility index (Phi) is 2.73. The van der Waals surface area contributed by atoms with Crippen LogP contribution in [0.1, 0.15) is 15.9 Å². The molecule has 3 aromatic rings. The van der Waals surface area contributed by atoms with E-state index < -0.39 is 11.5 Å². The summed E-state index contributed by atoms with van der Waals surface area (Å²) in [5.74, 6) is -0.968. The molecule has 22 heavy (non-hydrogen) atoms. The van der Waals surface area contributed by atoms with Gasteiger partial charge in [0, 0.05) is 11.9 Å². The van der Waals surface area contributed by atoms with Crippen molar-refractivity contribution in [2.24, 2.45) is 0 Å². The molecule has 2 aromatic heterocycles. The average molecular weight is 314 g/mol. The van der Waals surface area contributed by atoms with E-state index in [9.17, 15) is 14.7 Å². The molecule has 0 radical (unpaired) electrons. The number of benzene rings is 1. The number of hydrogen-bond donors (Lipinski definition) is 2. The van der Waals surface area contributed by atoms with Gasteiger partial charge < -0.3 is 9.67 Å². The van der Waals surface area contributed by atoms with Crippen molar-refractivity contribution < 1.29 is 9.90 Å². The lowest BCUT2D eigenvalue weighted by Crippen LogP contribution is -2.28. The number of amides is 1. The van der Waals surface area contributed by atoms with Crippen molar-refractivity contribution in [2.45, 2.75) is 13.0 Å². The van der Waals surface area contributed by atoms with Crippen LogP contribution in [0.4, 0.5) is 5.13 Å². The minimum Gasteiger partial charge on any atom is -0.506 e. The highest BCUT2D eigenvalue weighted by atomic mass is 32.1. The summed E-state index contributed by atoms with van der Waals surface area (Å²) in [5.41, 5.74) is 2.42. The molecular formula is C14H10N4O3S. The first-order valence-electron chi connectivity index (χ1n) is 6.61. The number of aromatic hydroxyl groups is 1. The first kappa shape index (κ1) is 13.0. The molecule has 0 fully saturated rings. The number of hydrogen-bond acceptors (Lipinski definition) is 6. The minimum atomic E-state index is -0.679. The number of para-hydroxylation sites is 1. The van der Waals surface area contributed by atoms with Gasteiger partial charge in [-0.3, -0.25) is 14.9 Å². The molecular weight excluding hydrogens is 304 g/mol. The van der Waals surface area contributed by atoms with Gasteiger partial charge in [-0.25, -0.2) is 0 Å². The average Bonchev–Trinajstić information content (AvgIpc) is 3.14. The highest BCUT2D eigenvalue weighted by Crippen LogP contribution is 2.32. The van der Waals surface area contributed by atoms with E-state index in [2.05, 4.69) is 15.5 Å². The van der Waals surface area contributed by atoms with Crippen LogP contribution in [0.5, 0.6) is 5.75 Å². The molecule has 110 valence electrons. The molecule has 0 saturated heterocycles. The highest BCUT2D eigenvalue weighted by molar-refractivity contribution is 7.13. The Hall–Kier alpha value is -2.74. The summed E-state index contributed by atoms with van der Waals surface area (Å²) in [6, 6.07) is 5.44. The van der Waals surface area contributed by atoms with Crippen LogP contribution in [0.2, 0.25) is 0 Å². The number of aryl methyl sites for hydroxylation is 2. The van der Waals surface area contributed by atoms with Crippen molar-refractivity contribution in [2.75, 3.05) is 5.32 Å². The van der Waals surface area contributed by atoms with Crippen LogP contribution in [-0.4, -0.2) is 25.8 Å². The molecule has 1 amide bonds. The molecule has 0 unspecified atom stereocenters. The summed E-state index contributed by atoms with van der Waals surface area (Å²) in [4.78, 5) is 24.9. The fraction of sp³-hybridized carbons (Fsp3) is 0.143. The van der Waals surface area contributed by atoms with E-state index >= 15 is 0 Å². The maximum atomic E-state index is 12.5. The Morgan fingerprint density at radius 3 is 3.05 bits per heavy atom. The van der Waals surface area contributed by atoms with Crippen LogP contribution < -0.4 is 10.9 Å². The van der Waals surface area contributed by atoms with Crippen molar-refractivity contribution in [3.05, 3.63) is 45.2 Å². The fourth-order valence-corrected chi connectivity index (χ4v) is 3.25. The Bertz CT molecular complexity index is 962. The van der Waals surface area contributed by atoms with Crippen molar-refractivity contribution in [1.82, 2.24) is 14.8 Å². The van der Waals surface area contributed by atoms with Gasteiger partial charge in [-0.05, 0) is 18.1 Å². The molecule has 1 aliphatic heterocycles. The minimum absolute atomic E-state index is 0.262. The number of aromatic nitrogens is 3. The molecule has 4 rings (SSSR count). The summed E-state index contributed by atoms with van der Waals surface area (Å²) >= 11 is 1.14. The lowest BCUT2D eigenvalue weighted by Gasteiger charge is -2.10. The Balaban J connectivity index is 1.93. The van der Waals surface area contributed by atoms with E-state index in [4.69, 9.17) is 0 Å². The molecule has 3 heterocycles. The molecule has 1 aliphatic rings. The van der Waals surface area contributed by atoms with E-state index in [-0.39, 0.29) is 16.4 Å². The Morgan fingerprint density at radius 1 is 1.41 bits per heavy atom. The molecule has 0 bridgehead atoms. The second-order valence-corrected chi connectivity index (χ2v) is 5.77. The van der Waals surface area contributed by atoms with Crippen molar-refractivity contribution >= 4 is 33.3 Å². The van der Waals surface area contributed by atoms with Gasteiger partial charge in [0.15, 0.2) is 0 Å². The number of nitrogens with zero attached hydrogens (tertiary/aromatic N) is 3. The predicted octanol–water partition coefficient (Wildman–Crippen LogP) is 1.37. The Labute approximate surface area is 127 Å². The quantitative estimate of drug-likeness (QED) is 0.744. The van der Waals surface area contributed by atoms with Crippen LogP contribution in [0.3, 0.4) is 0 Å². The first-order chi connectivity index (χ1) is 10.7. The van der Waals surface area contributed by atoms with E-state index in [1.165, 1.54) is 5.51 Å². The lowest BCUT2D eigenvalue weighted by atomic mass is 10.1. The van der Waals surface area contributed by atoms with Gasteiger partial charge in [-0.1, -0.05) is 23.5 Å². The smallest absolute Gasteiger partial charge is 0.267 e. The second-order valence-electron chi connectivity index (χ2n) is 4.94. The van der Waals surface area contributed by atoms with Gasteiger partial charge in [0.1, 0.15) is 16.8 Å². The zero-order chi connectivity index (χ0) is 15.3. The summed E-state index contributed by atoms with van der Waals surface area (Å²) in [6.07, 6.45) is 0.716. The van der Waals surface area contributed by atoms with E-state index in [0.29, 0.717) is 23.9 Å². The van der Waals surface area contributed by atoms with Crippen LogP contribution in [0.15, 0.2) is 28.5 Å². The van der Waals surface area contributed by atoms with Crippen molar-refractivity contribution in [3.8, 4) is 5.75 Å². The Morgan fingerprint density at radius 2 is 2.27 bits per heavy atom. The fourth-order valence-electron chi connectivity index (χ4n) is 2.81. The third-order valence-corrected chi connectivity index (χ3v) is 4.36. The summed E-state index contributed by atoms with van der Waals surface area (Å²) < 4.78 is 1.54. The number of carbonyl (C=O) groups excluding carboxylic acids is 1. The highest BCUT2D eigenvalue weighted by Gasteiger charge is 2.26. The van der Waals surface area contributed by atoms with Gasteiger partial charge in [0.05, 0.1) is 5.52 Å². The molecule has 2 N–H and O–H groups in total. The summed E-state index contributed by atoms with van der Waals surface area (Å²) in [6.45, 7) is 0.508. The standard InChI is InChI=1S/C14H10N4O3S/c19-11-8-3-1-2-7-4-5-18(10(7)8)13(21)9(11)12(20)16-14-17-15-6-22-14/h1-3,6,19H,4-5H2,(H,16,17,20). The monoisotopic (exact) mass is 314 g/mol. The number of rotatable bonds is 2. The largest absolute Gasteiger partial charge is 0.506 e. The SMILES string of the molecule is O=C(Nc1nncs1)c1c(O)c2cccc3c2n(c1=O)CC3. The summed E-state index contributed by atoms with van der Waals surface area (Å²) in [5, 5.41) is 21.0. The number of carbonyl (C=O) groups is 1. The molecule has 1 aromatic carbocycles. The summed E-state index contributed by atoms with van der Waals surface area (Å²) in [7, 11) is 0. The van der Waals surface area contributed by atoms with Gasteiger partial charge >= 0.3 is 0 Å². The predicted molar refractivity (Wildman–Crippen MR) is 81.4 cm³/mol. The third kappa shape index (κ3) is 1.74. The van der Waals surface area contributed by atoms with Crippen LogP contribution in [-0.2, 0) is 13.0 Å². The molecule has 0 saturated carbocycles. The zero-order valence-electron chi connectivity index (χ0n) is 11.2.